The summed E-state index contributed by atoms with van der Waals surface area (Å²) in [6.45, 7) is 1.21. The number of rotatable bonds is 4. The fourth-order valence-corrected chi connectivity index (χ4v) is 5.88. The minimum atomic E-state index is -0.559. The van der Waals surface area contributed by atoms with Crippen LogP contribution in [0, 0.1) is 11.8 Å². The molecule has 1 aromatic rings. The second-order valence-corrected chi connectivity index (χ2v) is 9.13. The molecule has 29 heavy (non-hydrogen) atoms. The first kappa shape index (κ1) is 18.8. The number of hydrogen-bond donors (Lipinski definition) is 3. The Bertz CT molecular complexity index is 856. The van der Waals surface area contributed by atoms with Crippen LogP contribution in [0.5, 0.6) is 0 Å². The van der Waals surface area contributed by atoms with Crippen molar-refractivity contribution in [2.24, 2.45) is 17.6 Å². The summed E-state index contributed by atoms with van der Waals surface area (Å²) in [6.07, 6.45) is 5.46. The van der Waals surface area contributed by atoms with Gasteiger partial charge in [-0.15, -0.1) is 0 Å². The zero-order valence-corrected chi connectivity index (χ0v) is 16.5. The summed E-state index contributed by atoms with van der Waals surface area (Å²) in [5, 5.41) is 6.10. The molecular weight excluding hydrogens is 368 g/mol. The molecule has 3 atom stereocenters. The lowest BCUT2D eigenvalue weighted by Gasteiger charge is -2.34. The van der Waals surface area contributed by atoms with Crippen molar-refractivity contribution in [1.82, 2.24) is 15.5 Å². The SMILES string of the molecule is NC1CC2CCC(C1)C2NCc1ccc2c(c1)CN(C1CCC(=O)NC1=O)C2=O. The summed E-state index contributed by atoms with van der Waals surface area (Å²) < 4.78 is 0. The molecule has 1 aromatic carbocycles. The largest absolute Gasteiger partial charge is 0.328 e. The van der Waals surface area contributed by atoms with Gasteiger partial charge in [0.1, 0.15) is 6.04 Å². The molecule has 2 bridgehead atoms. The molecule has 2 heterocycles. The molecule has 3 unspecified atom stereocenters. The molecule has 2 aliphatic heterocycles. The molecule has 7 heteroatoms. The quantitative estimate of drug-likeness (QED) is 0.660. The lowest BCUT2D eigenvalue weighted by Crippen LogP contribution is -2.52. The van der Waals surface area contributed by atoms with Crippen molar-refractivity contribution in [3.8, 4) is 0 Å². The van der Waals surface area contributed by atoms with Gasteiger partial charge in [-0.2, -0.15) is 0 Å². The summed E-state index contributed by atoms with van der Waals surface area (Å²) in [7, 11) is 0. The Morgan fingerprint density at radius 1 is 1.10 bits per heavy atom. The molecule has 3 fully saturated rings. The second-order valence-electron chi connectivity index (χ2n) is 9.13. The number of hydrogen-bond acceptors (Lipinski definition) is 5. The third-order valence-corrected chi connectivity index (χ3v) is 7.26. The van der Waals surface area contributed by atoms with Gasteiger partial charge in [0, 0.05) is 37.2 Å². The van der Waals surface area contributed by atoms with Crippen LogP contribution in [0.1, 0.15) is 60.0 Å². The minimum Gasteiger partial charge on any atom is -0.328 e. The van der Waals surface area contributed by atoms with E-state index in [1.165, 1.54) is 12.8 Å². The molecule has 7 nitrogen and oxygen atoms in total. The maximum absolute atomic E-state index is 12.8. The van der Waals surface area contributed by atoms with E-state index in [0.29, 0.717) is 42.4 Å². The maximum Gasteiger partial charge on any atom is 0.255 e. The van der Waals surface area contributed by atoms with Crippen molar-refractivity contribution >= 4 is 17.7 Å². The molecule has 0 aromatic heterocycles. The number of imide groups is 1. The van der Waals surface area contributed by atoms with E-state index in [2.05, 4.69) is 16.7 Å². The zero-order chi connectivity index (χ0) is 20.1. The summed E-state index contributed by atoms with van der Waals surface area (Å²) in [5.74, 6) is 0.621. The van der Waals surface area contributed by atoms with E-state index >= 15 is 0 Å². The Morgan fingerprint density at radius 3 is 2.59 bits per heavy atom. The molecule has 0 spiro atoms. The highest BCUT2D eigenvalue weighted by Crippen LogP contribution is 2.42. The van der Waals surface area contributed by atoms with Crippen LogP contribution >= 0.6 is 0 Å². The van der Waals surface area contributed by atoms with Crippen molar-refractivity contribution in [3.63, 3.8) is 0 Å². The van der Waals surface area contributed by atoms with E-state index in [4.69, 9.17) is 5.73 Å². The van der Waals surface area contributed by atoms with E-state index in [1.807, 2.05) is 12.1 Å². The predicted molar refractivity (Wildman–Crippen MR) is 107 cm³/mol. The maximum atomic E-state index is 12.8. The lowest BCUT2D eigenvalue weighted by atomic mass is 9.81. The van der Waals surface area contributed by atoms with Crippen LogP contribution in [0.4, 0.5) is 0 Å². The smallest absolute Gasteiger partial charge is 0.255 e. The van der Waals surface area contributed by atoms with Crippen molar-refractivity contribution in [2.75, 3.05) is 0 Å². The van der Waals surface area contributed by atoms with Gasteiger partial charge in [-0.25, -0.2) is 0 Å². The monoisotopic (exact) mass is 396 g/mol. The van der Waals surface area contributed by atoms with Gasteiger partial charge < -0.3 is 16.0 Å². The van der Waals surface area contributed by atoms with E-state index in [0.717, 1.165) is 30.5 Å². The number of amides is 3. The minimum absolute atomic E-state index is 0.117. The van der Waals surface area contributed by atoms with Crippen LogP contribution in [0.3, 0.4) is 0 Å². The average molecular weight is 396 g/mol. The van der Waals surface area contributed by atoms with Crippen molar-refractivity contribution < 1.29 is 14.4 Å². The average Bonchev–Trinajstić information content (AvgIpc) is 3.13. The molecule has 4 N–H and O–H groups in total. The van der Waals surface area contributed by atoms with Gasteiger partial charge in [-0.1, -0.05) is 12.1 Å². The van der Waals surface area contributed by atoms with Gasteiger partial charge in [0.15, 0.2) is 0 Å². The van der Waals surface area contributed by atoms with Gasteiger partial charge in [-0.3, -0.25) is 19.7 Å². The van der Waals surface area contributed by atoms with E-state index in [1.54, 1.807) is 4.90 Å². The number of nitrogens with two attached hydrogens (primary N) is 1. The Morgan fingerprint density at radius 2 is 1.86 bits per heavy atom. The number of nitrogens with one attached hydrogen (secondary N) is 2. The summed E-state index contributed by atoms with van der Waals surface area (Å²) in [4.78, 5) is 38.0. The summed E-state index contributed by atoms with van der Waals surface area (Å²) >= 11 is 0. The Balaban J connectivity index is 1.26. The number of piperidine rings is 1. The van der Waals surface area contributed by atoms with E-state index in [-0.39, 0.29) is 24.1 Å². The molecule has 2 aliphatic carbocycles. The Labute approximate surface area is 170 Å². The standard InChI is InChI=1S/C22H28N4O3/c23-16-8-13-2-3-14(9-16)20(13)24-10-12-1-4-17-15(7-12)11-26(22(17)29)18-5-6-19(27)25-21(18)28/h1,4,7,13-14,16,18,20,24H,2-3,5-6,8-11,23H2,(H,25,27,28). The molecule has 2 saturated carbocycles. The number of carbonyl (C=O) groups is 3. The number of carbonyl (C=O) groups excluding carboxylic acids is 3. The molecule has 154 valence electrons. The van der Waals surface area contributed by atoms with Gasteiger partial charge in [0.05, 0.1) is 0 Å². The van der Waals surface area contributed by atoms with Crippen molar-refractivity contribution in [2.45, 2.75) is 69.7 Å². The number of nitrogens with zero attached hydrogens (tertiary/aromatic N) is 1. The molecule has 1 saturated heterocycles. The third-order valence-electron chi connectivity index (χ3n) is 7.26. The molecule has 4 aliphatic rings. The van der Waals surface area contributed by atoms with E-state index < -0.39 is 6.04 Å². The van der Waals surface area contributed by atoms with Gasteiger partial charge in [-0.05, 0) is 61.1 Å². The molecular formula is C22H28N4O3. The summed E-state index contributed by atoms with van der Waals surface area (Å²) in [5.41, 5.74) is 8.98. The highest BCUT2D eigenvalue weighted by molar-refractivity contribution is 6.05. The summed E-state index contributed by atoms with van der Waals surface area (Å²) in [6, 6.07) is 6.32. The van der Waals surface area contributed by atoms with Crippen LogP contribution in [-0.2, 0) is 22.7 Å². The van der Waals surface area contributed by atoms with Crippen LogP contribution in [0.2, 0.25) is 0 Å². The fourth-order valence-electron chi connectivity index (χ4n) is 5.88. The highest BCUT2D eigenvalue weighted by Gasteiger charge is 2.42. The lowest BCUT2D eigenvalue weighted by molar-refractivity contribution is -0.136. The zero-order valence-electron chi connectivity index (χ0n) is 16.5. The Hall–Kier alpha value is -2.25. The van der Waals surface area contributed by atoms with Crippen LogP contribution in [0.15, 0.2) is 18.2 Å². The topological polar surface area (TPSA) is 105 Å². The number of fused-ring (bicyclic) bond motifs is 3. The Kier molecular flexibility index (Phi) is 4.67. The fraction of sp³-hybridized carbons (Fsp3) is 0.591. The number of benzene rings is 1. The van der Waals surface area contributed by atoms with Crippen molar-refractivity contribution in [3.05, 3.63) is 34.9 Å². The normalized spacial score (nSPS) is 33.8. The first-order valence-electron chi connectivity index (χ1n) is 10.7. The molecule has 0 radical (unpaired) electrons. The van der Waals surface area contributed by atoms with Crippen LogP contribution < -0.4 is 16.4 Å². The van der Waals surface area contributed by atoms with Crippen LogP contribution in [-0.4, -0.2) is 40.7 Å². The first-order valence-corrected chi connectivity index (χ1v) is 10.7. The van der Waals surface area contributed by atoms with Gasteiger partial charge >= 0.3 is 0 Å². The van der Waals surface area contributed by atoms with Gasteiger partial charge in [0.25, 0.3) is 5.91 Å². The van der Waals surface area contributed by atoms with Crippen molar-refractivity contribution in [1.29, 1.82) is 0 Å². The second kappa shape index (κ2) is 7.22. The third kappa shape index (κ3) is 3.36. The van der Waals surface area contributed by atoms with Gasteiger partial charge in [0.2, 0.25) is 11.8 Å². The molecule has 3 amide bonds. The van der Waals surface area contributed by atoms with Crippen LogP contribution in [0.25, 0.3) is 0 Å². The van der Waals surface area contributed by atoms with E-state index in [9.17, 15) is 14.4 Å². The highest BCUT2D eigenvalue weighted by atomic mass is 16.2. The molecule has 5 rings (SSSR count). The predicted octanol–water partition coefficient (Wildman–Crippen LogP) is 1.05. The first-order chi connectivity index (χ1) is 14.0.